The molecule has 0 bridgehead atoms. The van der Waals surface area contributed by atoms with E-state index in [2.05, 4.69) is 26.7 Å². The molecule has 0 radical (unpaired) electrons. The van der Waals surface area contributed by atoms with Crippen LogP contribution in [0.25, 0.3) is 10.7 Å². The number of benzene rings is 2. The standard InChI is InChI=1S/C26H24N4O3S2/c1-3-15-30-23(22-6-5-16-34-22)28-29-26(30)35-17-18-7-9-19(10-8-18)24(31)27-21-13-11-20(12-14-21)25(32)33-4-2/h3,5-14,16H,1,4,15,17H2,2H3,(H,27,31). The fourth-order valence-electron chi connectivity index (χ4n) is 3.28. The third-order valence-corrected chi connectivity index (χ3v) is 6.91. The van der Waals surface area contributed by atoms with Crippen molar-refractivity contribution in [3.63, 3.8) is 0 Å². The third kappa shape index (κ3) is 6.06. The number of hydrogen-bond acceptors (Lipinski definition) is 7. The molecule has 0 aliphatic heterocycles. The number of ether oxygens (including phenoxy) is 1. The van der Waals surface area contributed by atoms with Gasteiger partial charge in [0.15, 0.2) is 11.0 Å². The summed E-state index contributed by atoms with van der Waals surface area (Å²) in [5, 5.41) is 14.4. The summed E-state index contributed by atoms with van der Waals surface area (Å²) in [4.78, 5) is 25.4. The number of nitrogens with zero attached hydrogens (tertiary/aromatic N) is 3. The maximum absolute atomic E-state index is 12.6. The molecule has 0 unspecified atom stereocenters. The van der Waals surface area contributed by atoms with Crippen molar-refractivity contribution in [2.75, 3.05) is 11.9 Å². The van der Waals surface area contributed by atoms with Crippen LogP contribution in [0.4, 0.5) is 5.69 Å². The number of thiophene rings is 1. The summed E-state index contributed by atoms with van der Waals surface area (Å²) in [5.74, 6) is 0.921. The molecule has 4 aromatic rings. The van der Waals surface area contributed by atoms with Crippen LogP contribution in [0.2, 0.25) is 0 Å². The summed E-state index contributed by atoms with van der Waals surface area (Å²) in [6.07, 6.45) is 1.84. The van der Waals surface area contributed by atoms with Crippen LogP contribution in [0, 0.1) is 0 Å². The minimum Gasteiger partial charge on any atom is -0.462 e. The average Bonchev–Trinajstić information content (AvgIpc) is 3.54. The van der Waals surface area contributed by atoms with E-state index >= 15 is 0 Å². The lowest BCUT2D eigenvalue weighted by molar-refractivity contribution is 0.0526. The Morgan fingerprint density at radius 2 is 1.83 bits per heavy atom. The molecule has 4 rings (SSSR count). The zero-order chi connectivity index (χ0) is 24.6. The summed E-state index contributed by atoms with van der Waals surface area (Å²) in [6, 6.07) is 18.1. The summed E-state index contributed by atoms with van der Waals surface area (Å²) in [5.41, 5.74) is 2.66. The Balaban J connectivity index is 1.37. The SMILES string of the molecule is C=CCn1c(SCc2ccc(C(=O)Nc3ccc(C(=O)OCC)cc3)cc2)nnc1-c1cccs1. The highest BCUT2D eigenvalue weighted by Crippen LogP contribution is 2.29. The van der Waals surface area contributed by atoms with Crippen LogP contribution in [0.15, 0.2) is 83.9 Å². The molecular formula is C26H24N4O3S2. The first-order valence-corrected chi connectivity index (χ1v) is 12.8. The van der Waals surface area contributed by atoms with Crippen LogP contribution in [-0.4, -0.2) is 33.2 Å². The highest BCUT2D eigenvalue weighted by molar-refractivity contribution is 7.98. The van der Waals surface area contributed by atoms with E-state index < -0.39 is 0 Å². The van der Waals surface area contributed by atoms with Crippen molar-refractivity contribution in [3.05, 3.63) is 95.4 Å². The van der Waals surface area contributed by atoms with Gasteiger partial charge in [0.25, 0.3) is 5.91 Å². The number of allylic oxidation sites excluding steroid dienone is 1. The van der Waals surface area contributed by atoms with Crippen LogP contribution >= 0.6 is 23.1 Å². The zero-order valence-electron chi connectivity index (χ0n) is 19.1. The Hall–Kier alpha value is -3.69. The van der Waals surface area contributed by atoms with Gasteiger partial charge in [-0.2, -0.15) is 0 Å². The topological polar surface area (TPSA) is 86.1 Å². The molecule has 2 aromatic carbocycles. The Kier molecular flexibility index (Phi) is 8.12. The minimum atomic E-state index is -0.385. The van der Waals surface area contributed by atoms with Crippen molar-refractivity contribution in [2.45, 2.75) is 24.4 Å². The van der Waals surface area contributed by atoms with Gasteiger partial charge >= 0.3 is 5.97 Å². The molecule has 1 amide bonds. The lowest BCUT2D eigenvalue weighted by Crippen LogP contribution is -2.12. The maximum atomic E-state index is 12.6. The van der Waals surface area contributed by atoms with Gasteiger partial charge in [-0.25, -0.2) is 4.79 Å². The van der Waals surface area contributed by atoms with Crippen molar-refractivity contribution < 1.29 is 14.3 Å². The summed E-state index contributed by atoms with van der Waals surface area (Å²) < 4.78 is 7.03. The normalized spacial score (nSPS) is 10.7. The van der Waals surface area contributed by atoms with Gasteiger partial charge in [-0.05, 0) is 60.3 Å². The number of hydrogen-bond donors (Lipinski definition) is 1. The molecule has 0 saturated heterocycles. The maximum Gasteiger partial charge on any atom is 0.338 e. The largest absolute Gasteiger partial charge is 0.462 e. The smallest absolute Gasteiger partial charge is 0.338 e. The molecule has 7 nitrogen and oxygen atoms in total. The minimum absolute atomic E-state index is 0.223. The van der Waals surface area contributed by atoms with E-state index in [1.54, 1.807) is 66.4 Å². The molecule has 35 heavy (non-hydrogen) atoms. The first kappa shape index (κ1) is 24.4. The van der Waals surface area contributed by atoms with Crippen molar-refractivity contribution in [2.24, 2.45) is 0 Å². The molecule has 1 N–H and O–H groups in total. The van der Waals surface area contributed by atoms with Crippen LogP contribution in [0.5, 0.6) is 0 Å². The molecule has 0 saturated carbocycles. The monoisotopic (exact) mass is 504 g/mol. The van der Waals surface area contributed by atoms with E-state index in [1.165, 1.54) is 0 Å². The van der Waals surface area contributed by atoms with Crippen molar-refractivity contribution in [3.8, 4) is 10.7 Å². The Morgan fingerprint density at radius 3 is 2.49 bits per heavy atom. The molecule has 0 spiro atoms. The van der Waals surface area contributed by atoms with E-state index in [9.17, 15) is 9.59 Å². The van der Waals surface area contributed by atoms with Gasteiger partial charge < -0.3 is 10.1 Å². The van der Waals surface area contributed by atoms with Crippen LogP contribution in [-0.2, 0) is 17.0 Å². The lowest BCUT2D eigenvalue weighted by Gasteiger charge is -2.08. The van der Waals surface area contributed by atoms with Gasteiger partial charge in [-0.3, -0.25) is 9.36 Å². The van der Waals surface area contributed by atoms with Gasteiger partial charge in [0.05, 0.1) is 17.0 Å². The van der Waals surface area contributed by atoms with Gasteiger partial charge in [-0.15, -0.1) is 28.1 Å². The summed E-state index contributed by atoms with van der Waals surface area (Å²) >= 11 is 3.22. The van der Waals surface area contributed by atoms with Crippen LogP contribution in [0.1, 0.15) is 33.2 Å². The Bertz CT molecular complexity index is 1300. The van der Waals surface area contributed by atoms with Crippen molar-refractivity contribution in [1.82, 2.24) is 14.8 Å². The Labute approximate surface area is 211 Å². The molecule has 9 heteroatoms. The molecule has 0 aliphatic rings. The van der Waals surface area contributed by atoms with E-state index in [0.717, 1.165) is 21.4 Å². The number of thioether (sulfide) groups is 1. The first-order valence-electron chi connectivity index (χ1n) is 11.0. The summed E-state index contributed by atoms with van der Waals surface area (Å²) in [6.45, 7) is 6.55. The van der Waals surface area contributed by atoms with Gasteiger partial charge in [0.2, 0.25) is 0 Å². The quantitative estimate of drug-likeness (QED) is 0.164. The van der Waals surface area contributed by atoms with Crippen LogP contribution < -0.4 is 5.32 Å². The first-order chi connectivity index (χ1) is 17.1. The fourth-order valence-corrected chi connectivity index (χ4v) is 4.91. The molecule has 0 aliphatic carbocycles. The highest BCUT2D eigenvalue weighted by Gasteiger charge is 2.15. The number of nitrogens with one attached hydrogen (secondary N) is 1. The average molecular weight is 505 g/mol. The number of carbonyl (C=O) groups excluding carboxylic acids is 2. The predicted octanol–water partition coefficient (Wildman–Crippen LogP) is 5.91. The molecule has 0 fully saturated rings. The van der Waals surface area contributed by atoms with E-state index in [4.69, 9.17) is 4.74 Å². The summed E-state index contributed by atoms with van der Waals surface area (Å²) in [7, 11) is 0. The molecule has 2 heterocycles. The number of carbonyl (C=O) groups is 2. The Morgan fingerprint density at radius 1 is 1.09 bits per heavy atom. The molecule has 0 atom stereocenters. The second-order valence-electron chi connectivity index (χ2n) is 7.42. The number of anilines is 1. The fraction of sp³-hybridized carbons (Fsp3) is 0.154. The molecule has 2 aromatic heterocycles. The number of esters is 1. The van der Waals surface area contributed by atoms with Gasteiger partial charge in [0, 0.05) is 23.5 Å². The van der Waals surface area contributed by atoms with Crippen LogP contribution in [0.3, 0.4) is 0 Å². The zero-order valence-corrected chi connectivity index (χ0v) is 20.8. The predicted molar refractivity (Wildman–Crippen MR) is 140 cm³/mol. The van der Waals surface area contributed by atoms with Gasteiger partial charge in [0.1, 0.15) is 0 Å². The van der Waals surface area contributed by atoms with Crippen molar-refractivity contribution in [1.29, 1.82) is 0 Å². The number of amides is 1. The van der Waals surface area contributed by atoms with E-state index in [-0.39, 0.29) is 11.9 Å². The van der Waals surface area contributed by atoms with Gasteiger partial charge in [-0.1, -0.05) is 36.0 Å². The van der Waals surface area contributed by atoms with E-state index in [0.29, 0.717) is 35.7 Å². The second-order valence-corrected chi connectivity index (χ2v) is 9.31. The molecular weight excluding hydrogens is 480 g/mol. The number of rotatable bonds is 10. The lowest BCUT2D eigenvalue weighted by atomic mass is 10.1. The number of aromatic nitrogens is 3. The van der Waals surface area contributed by atoms with E-state index in [1.807, 2.05) is 35.7 Å². The third-order valence-electron chi connectivity index (χ3n) is 5.01. The second kappa shape index (κ2) is 11.6. The molecule has 178 valence electrons. The van der Waals surface area contributed by atoms with Crippen molar-refractivity contribution >= 4 is 40.7 Å². The highest BCUT2D eigenvalue weighted by atomic mass is 32.2.